The van der Waals surface area contributed by atoms with Crippen molar-refractivity contribution < 1.29 is 28.6 Å². The molecule has 1 unspecified atom stereocenters. The summed E-state index contributed by atoms with van der Waals surface area (Å²) in [5.74, 6) is 0.0646. The first-order valence-electron chi connectivity index (χ1n) is 11.3. The number of methoxy groups -OCH3 is 2. The summed E-state index contributed by atoms with van der Waals surface area (Å²) in [5.41, 5.74) is 1.46. The molecular weight excluding hydrogens is 426 g/mol. The lowest BCUT2D eigenvalue weighted by Gasteiger charge is -2.31. The summed E-state index contributed by atoms with van der Waals surface area (Å²) in [6.07, 6.45) is 1.75. The Labute approximate surface area is 195 Å². The summed E-state index contributed by atoms with van der Waals surface area (Å²) in [7, 11) is 2.79. The van der Waals surface area contributed by atoms with Crippen molar-refractivity contribution in [1.29, 1.82) is 0 Å². The zero-order valence-electron chi connectivity index (χ0n) is 20.3. The van der Waals surface area contributed by atoms with Crippen molar-refractivity contribution in [2.75, 3.05) is 33.9 Å². The van der Waals surface area contributed by atoms with Gasteiger partial charge < -0.3 is 29.7 Å². The molecule has 2 rings (SSSR count). The van der Waals surface area contributed by atoms with Crippen molar-refractivity contribution in [2.24, 2.45) is 5.92 Å². The van der Waals surface area contributed by atoms with Gasteiger partial charge in [0.05, 0.1) is 25.8 Å². The third-order valence-electron chi connectivity index (χ3n) is 5.30. The van der Waals surface area contributed by atoms with E-state index in [0.717, 1.165) is 12.8 Å². The van der Waals surface area contributed by atoms with Gasteiger partial charge >= 0.3 is 12.0 Å². The Morgan fingerprint density at radius 2 is 1.76 bits per heavy atom. The molecule has 1 heterocycles. The van der Waals surface area contributed by atoms with Gasteiger partial charge in [-0.25, -0.2) is 9.59 Å². The highest BCUT2D eigenvalue weighted by Crippen LogP contribution is 2.35. The van der Waals surface area contributed by atoms with Gasteiger partial charge in [-0.2, -0.15) is 0 Å². The molecular formula is C24H35N3O6. The van der Waals surface area contributed by atoms with Crippen LogP contribution in [0.25, 0.3) is 0 Å². The molecule has 0 saturated heterocycles. The largest absolute Gasteiger partial charge is 0.493 e. The van der Waals surface area contributed by atoms with E-state index in [2.05, 4.69) is 10.6 Å². The van der Waals surface area contributed by atoms with Crippen LogP contribution in [-0.2, 0) is 14.3 Å². The Bertz CT molecular complexity index is 890. The molecule has 1 aliphatic heterocycles. The van der Waals surface area contributed by atoms with E-state index < -0.39 is 18.0 Å². The van der Waals surface area contributed by atoms with E-state index in [9.17, 15) is 14.4 Å². The van der Waals surface area contributed by atoms with E-state index in [4.69, 9.17) is 14.2 Å². The number of carbonyl (C=O) groups excluding carboxylic acids is 3. The zero-order valence-corrected chi connectivity index (χ0v) is 20.3. The minimum Gasteiger partial charge on any atom is -0.493 e. The van der Waals surface area contributed by atoms with Crippen LogP contribution in [0.5, 0.6) is 11.5 Å². The Balaban J connectivity index is 2.32. The minimum atomic E-state index is -0.724. The summed E-state index contributed by atoms with van der Waals surface area (Å²) in [4.78, 5) is 39.2. The topological polar surface area (TPSA) is 106 Å². The predicted octanol–water partition coefficient (Wildman–Crippen LogP) is 3.16. The fourth-order valence-corrected chi connectivity index (χ4v) is 3.74. The quantitative estimate of drug-likeness (QED) is 0.491. The molecule has 0 fully saturated rings. The van der Waals surface area contributed by atoms with Crippen molar-refractivity contribution >= 4 is 17.9 Å². The van der Waals surface area contributed by atoms with E-state index in [1.807, 2.05) is 27.7 Å². The van der Waals surface area contributed by atoms with Gasteiger partial charge in [-0.1, -0.05) is 33.8 Å². The number of ether oxygens (including phenoxy) is 3. The van der Waals surface area contributed by atoms with E-state index >= 15 is 0 Å². The predicted molar refractivity (Wildman–Crippen MR) is 124 cm³/mol. The Hall–Kier alpha value is -3.23. The maximum atomic E-state index is 12.6. The lowest BCUT2D eigenvalue weighted by Crippen LogP contribution is -2.47. The van der Waals surface area contributed by atoms with Gasteiger partial charge in [-0.15, -0.1) is 0 Å². The number of nitrogens with one attached hydrogen (secondary N) is 2. The molecule has 9 nitrogen and oxygen atoms in total. The van der Waals surface area contributed by atoms with Crippen molar-refractivity contribution in [3.63, 3.8) is 0 Å². The number of amides is 3. The second-order valence-electron chi connectivity index (χ2n) is 8.08. The Kier molecular flexibility index (Phi) is 9.57. The molecule has 33 heavy (non-hydrogen) atoms. The molecule has 0 bridgehead atoms. The van der Waals surface area contributed by atoms with Crippen LogP contribution in [0.1, 0.15) is 52.1 Å². The van der Waals surface area contributed by atoms with Gasteiger partial charge in [-0.05, 0) is 36.5 Å². The van der Waals surface area contributed by atoms with Crippen LogP contribution >= 0.6 is 0 Å². The summed E-state index contributed by atoms with van der Waals surface area (Å²) in [6.45, 7) is 9.08. The first-order valence-corrected chi connectivity index (χ1v) is 11.3. The molecule has 1 atom stereocenters. The molecule has 2 N–H and O–H groups in total. The molecule has 1 aliphatic rings. The van der Waals surface area contributed by atoms with Crippen molar-refractivity contribution in [3.8, 4) is 11.5 Å². The number of hydrogen-bond donors (Lipinski definition) is 2. The highest BCUT2D eigenvalue weighted by Gasteiger charge is 2.34. The molecule has 1 aromatic carbocycles. The summed E-state index contributed by atoms with van der Waals surface area (Å²) in [5, 5.41) is 5.50. The monoisotopic (exact) mass is 461 g/mol. The molecule has 9 heteroatoms. The molecule has 3 amide bonds. The van der Waals surface area contributed by atoms with Gasteiger partial charge in [0.2, 0.25) is 0 Å². The third-order valence-corrected chi connectivity index (χ3v) is 5.30. The van der Waals surface area contributed by atoms with Gasteiger partial charge in [0.15, 0.2) is 18.1 Å². The molecule has 0 aliphatic carbocycles. The SMILES string of the molecule is CCCN(CCC)C(=O)COc1ccc(C2NC(=O)NC(C(C)C)=C2C(=O)OC)cc1OC. The summed E-state index contributed by atoms with van der Waals surface area (Å²) >= 11 is 0. The zero-order chi connectivity index (χ0) is 24.5. The number of urea groups is 1. The Morgan fingerprint density at radius 1 is 1.09 bits per heavy atom. The van der Waals surface area contributed by atoms with Gasteiger partial charge in [-0.3, -0.25) is 4.79 Å². The van der Waals surface area contributed by atoms with Crippen molar-refractivity contribution in [2.45, 2.75) is 46.6 Å². The van der Waals surface area contributed by atoms with E-state index in [1.54, 1.807) is 23.1 Å². The fourth-order valence-electron chi connectivity index (χ4n) is 3.74. The van der Waals surface area contributed by atoms with E-state index in [1.165, 1.54) is 14.2 Å². The number of rotatable bonds is 11. The highest BCUT2D eigenvalue weighted by molar-refractivity contribution is 5.95. The lowest BCUT2D eigenvalue weighted by molar-refractivity contribution is -0.136. The van der Waals surface area contributed by atoms with Crippen LogP contribution in [0.15, 0.2) is 29.5 Å². The number of hydrogen-bond acceptors (Lipinski definition) is 6. The maximum absolute atomic E-state index is 12.6. The van der Waals surface area contributed by atoms with E-state index in [-0.39, 0.29) is 18.4 Å². The molecule has 0 saturated carbocycles. The van der Waals surface area contributed by atoms with Crippen molar-refractivity contribution in [3.05, 3.63) is 35.0 Å². The van der Waals surface area contributed by atoms with Gasteiger partial charge in [0.1, 0.15) is 0 Å². The van der Waals surface area contributed by atoms with Crippen LogP contribution in [0, 0.1) is 5.92 Å². The summed E-state index contributed by atoms with van der Waals surface area (Å²) < 4.78 is 16.2. The highest BCUT2D eigenvalue weighted by atomic mass is 16.5. The van der Waals surface area contributed by atoms with Crippen molar-refractivity contribution in [1.82, 2.24) is 15.5 Å². The third kappa shape index (κ3) is 6.40. The van der Waals surface area contributed by atoms with Crippen LogP contribution in [0.4, 0.5) is 4.79 Å². The van der Waals surface area contributed by atoms with Crippen LogP contribution in [-0.4, -0.2) is 56.7 Å². The van der Waals surface area contributed by atoms with Gasteiger partial charge in [0, 0.05) is 18.8 Å². The normalized spacial score (nSPS) is 15.6. The molecule has 182 valence electrons. The van der Waals surface area contributed by atoms with Gasteiger partial charge in [0.25, 0.3) is 5.91 Å². The smallest absolute Gasteiger partial charge is 0.337 e. The first-order chi connectivity index (χ1) is 15.8. The number of nitrogens with zero attached hydrogens (tertiary/aromatic N) is 1. The van der Waals surface area contributed by atoms with Crippen LogP contribution < -0.4 is 20.1 Å². The first kappa shape index (κ1) is 26.0. The summed E-state index contributed by atoms with van der Waals surface area (Å²) in [6, 6.07) is 3.96. The maximum Gasteiger partial charge on any atom is 0.337 e. The molecule has 0 spiro atoms. The van der Waals surface area contributed by atoms with Crippen LogP contribution in [0.2, 0.25) is 0 Å². The second-order valence-corrected chi connectivity index (χ2v) is 8.08. The molecule has 0 aromatic heterocycles. The molecule has 0 radical (unpaired) electrons. The van der Waals surface area contributed by atoms with E-state index in [0.29, 0.717) is 41.4 Å². The number of carbonyl (C=O) groups is 3. The Morgan fingerprint density at radius 3 is 2.30 bits per heavy atom. The lowest BCUT2D eigenvalue weighted by atomic mass is 9.91. The number of benzene rings is 1. The number of esters is 1. The minimum absolute atomic E-state index is 0.0899. The average molecular weight is 462 g/mol. The molecule has 1 aromatic rings. The number of allylic oxidation sites excluding steroid dienone is 1. The standard InChI is InChI=1S/C24H35N3O6/c1-7-11-27(12-8-2)19(28)14-33-17-10-9-16(13-18(17)31-5)22-20(23(29)32-6)21(15(3)4)25-24(30)26-22/h9-10,13,15,22H,7-8,11-12,14H2,1-6H3,(H2,25,26,30). The average Bonchev–Trinajstić information content (AvgIpc) is 2.81. The van der Waals surface area contributed by atoms with Crippen LogP contribution in [0.3, 0.4) is 0 Å². The second kappa shape index (κ2) is 12.1. The fraction of sp³-hybridized carbons (Fsp3) is 0.542.